The van der Waals surface area contributed by atoms with Gasteiger partial charge < -0.3 is 14.9 Å². The van der Waals surface area contributed by atoms with Crippen LogP contribution in [0, 0.1) is 34.5 Å². The molecule has 2 N–H and O–H groups in total. The Bertz CT molecular complexity index is 467. The van der Waals surface area contributed by atoms with Gasteiger partial charge in [0.15, 0.2) is 6.29 Å². The van der Waals surface area contributed by atoms with Crippen LogP contribution in [0.15, 0.2) is 0 Å². The molecule has 22 heavy (non-hydrogen) atoms. The Morgan fingerprint density at radius 2 is 1.77 bits per heavy atom. The normalized spacial score (nSPS) is 61.2. The first kappa shape index (κ1) is 15.3. The van der Waals surface area contributed by atoms with Crippen molar-refractivity contribution in [3.63, 3.8) is 0 Å². The third kappa shape index (κ3) is 1.83. The SMILES string of the molecule is C[C@]12COC(O)CC1CC[C@@H]1[C@H]2CC[C@@]2(C)[C@H]1CCC2(O)F. The number of hydrogen-bond donors (Lipinski definition) is 2. The molecule has 0 aromatic carbocycles. The third-order valence-corrected chi connectivity index (χ3v) is 8.19. The van der Waals surface area contributed by atoms with Gasteiger partial charge in [0.2, 0.25) is 5.85 Å². The van der Waals surface area contributed by atoms with Crippen LogP contribution in [-0.2, 0) is 4.74 Å². The van der Waals surface area contributed by atoms with Crippen molar-refractivity contribution in [1.82, 2.24) is 0 Å². The highest BCUT2D eigenvalue weighted by Crippen LogP contribution is 2.67. The van der Waals surface area contributed by atoms with E-state index < -0.39 is 17.6 Å². The summed E-state index contributed by atoms with van der Waals surface area (Å²) in [6, 6.07) is 0. The maximum absolute atomic E-state index is 14.7. The Morgan fingerprint density at radius 1 is 1.05 bits per heavy atom. The molecule has 4 fully saturated rings. The first-order valence-electron chi connectivity index (χ1n) is 8.99. The second-order valence-electron chi connectivity index (χ2n) is 8.91. The summed E-state index contributed by atoms with van der Waals surface area (Å²) in [5.41, 5.74) is -0.451. The van der Waals surface area contributed by atoms with Crippen LogP contribution in [0.3, 0.4) is 0 Å². The summed E-state index contributed by atoms with van der Waals surface area (Å²) in [5, 5.41) is 20.1. The van der Waals surface area contributed by atoms with Gasteiger partial charge in [0.25, 0.3) is 0 Å². The number of aliphatic hydroxyl groups excluding tert-OH is 1. The highest BCUT2D eigenvalue weighted by atomic mass is 19.2. The van der Waals surface area contributed by atoms with Gasteiger partial charge in [-0.1, -0.05) is 13.8 Å². The van der Waals surface area contributed by atoms with Crippen molar-refractivity contribution >= 4 is 0 Å². The topological polar surface area (TPSA) is 49.7 Å². The van der Waals surface area contributed by atoms with E-state index in [4.69, 9.17) is 4.74 Å². The zero-order valence-electron chi connectivity index (χ0n) is 13.7. The monoisotopic (exact) mass is 312 g/mol. The Kier molecular flexibility index (Phi) is 3.26. The molecule has 3 saturated carbocycles. The summed E-state index contributed by atoms with van der Waals surface area (Å²) in [4.78, 5) is 0. The van der Waals surface area contributed by atoms with E-state index in [9.17, 15) is 14.6 Å². The van der Waals surface area contributed by atoms with Crippen molar-refractivity contribution in [3.05, 3.63) is 0 Å². The average Bonchev–Trinajstić information content (AvgIpc) is 2.70. The molecule has 1 heterocycles. The molecule has 3 unspecified atom stereocenters. The van der Waals surface area contributed by atoms with Crippen LogP contribution in [0.4, 0.5) is 4.39 Å². The molecule has 1 aliphatic heterocycles. The molecule has 8 atom stereocenters. The third-order valence-electron chi connectivity index (χ3n) is 8.19. The van der Waals surface area contributed by atoms with Crippen LogP contribution in [0.5, 0.6) is 0 Å². The highest BCUT2D eigenvalue weighted by molar-refractivity contribution is 5.11. The molecule has 3 aliphatic carbocycles. The maximum atomic E-state index is 14.7. The van der Waals surface area contributed by atoms with Crippen LogP contribution in [0.25, 0.3) is 0 Å². The van der Waals surface area contributed by atoms with Crippen molar-refractivity contribution in [2.75, 3.05) is 6.61 Å². The number of hydrogen-bond acceptors (Lipinski definition) is 3. The van der Waals surface area contributed by atoms with Crippen LogP contribution >= 0.6 is 0 Å². The fourth-order valence-electron chi connectivity index (χ4n) is 6.69. The van der Waals surface area contributed by atoms with Crippen molar-refractivity contribution in [2.24, 2.45) is 34.5 Å². The summed E-state index contributed by atoms with van der Waals surface area (Å²) in [6.07, 6.45) is 5.23. The van der Waals surface area contributed by atoms with Gasteiger partial charge in [-0.15, -0.1) is 0 Å². The van der Waals surface area contributed by atoms with Crippen LogP contribution in [-0.4, -0.2) is 29.0 Å². The lowest BCUT2D eigenvalue weighted by Crippen LogP contribution is -2.57. The predicted octanol–water partition coefficient (Wildman–Crippen LogP) is 3.24. The molecular formula is C18H29FO3. The molecule has 1 saturated heterocycles. The van der Waals surface area contributed by atoms with Gasteiger partial charge in [0.05, 0.1) is 6.61 Å². The standard InChI is InChI=1S/C18H29FO3/c1-16-10-22-15(20)9-11(16)3-4-12-13(16)5-7-17(2)14(12)6-8-18(17,19)21/h11-15,20-21H,3-10H2,1-2H3/t11?,12-,13-,14+,15?,16+,17+,18?/m1/s1. The second-order valence-corrected chi connectivity index (χ2v) is 8.91. The Hall–Kier alpha value is -0.190. The molecule has 126 valence electrons. The van der Waals surface area contributed by atoms with E-state index in [0.717, 1.165) is 38.5 Å². The molecule has 4 rings (SSSR count). The Balaban J connectivity index is 1.64. The average molecular weight is 312 g/mol. The molecule has 0 bridgehead atoms. The molecule has 0 aromatic rings. The van der Waals surface area contributed by atoms with E-state index in [0.29, 0.717) is 36.7 Å². The molecule has 4 heteroatoms. The van der Waals surface area contributed by atoms with E-state index in [1.54, 1.807) is 0 Å². The molecule has 0 radical (unpaired) electrons. The number of rotatable bonds is 0. The van der Waals surface area contributed by atoms with Crippen molar-refractivity contribution in [2.45, 2.75) is 70.9 Å². The van der Waals surface area contributed by atoms with E-state index >= 15 is 0 Å². The minimum absolute atomic E-state index is 0.112. The van der Waals surface area contributed by atoms with E-state index in [1.807, 2.05) is 6.92 Å². The van der Waals surface area contributed by atoms with Gasteiger partial charge >= 0.3 is 0 Å². The maximum Gasteiger partial charge on any atom is 0.212 e. The van der Waals surface area contributed by atoms with Crippen molar-refractivity contribution in [3.8, 4) is 0 Å². The molecule has 0 aromatic heterocycles. The fourth-order valence-corrected chi connectivity index (χ4v) is 6.69. The van der Waals surface area contributed by atoms with Crippen LogP contribution in [0.1, 0.15) is 58.8 Å². The largest absolute Gasteiger partial charge is 0.368 e. The minimum Gasteiger partial charge on any atom is -0.368 e. The molecular weight excluding hydrogens is 283 g/mol. The van der Waals surface area contributed by atoms with E-state index in [1.165, 1.54) is 0 Å². The summed E-state index contributed by atoms with van der Waals surface area (Å²) >= 11 is 0. The number of fused-ring (bicyclic) bond motifs is 5. The zero-order valence-corrected chi connectivity index (χ0v) is 13.7. The number of aliphatic hydroxyl groups is 2. The summed E-state index contributed by atoms with van der Waals surface area (Å²) < 4.78 is 20.3. The Morgan fingerprint density at radius 3 is 2.55 bits per heavy atom. The molecule has 0 spiro atoms. The second kappa shape index (κ2) is 4.67. The highest BCUT2D eigenvalue weighted by Gasteiger charge is 2.65. The first-order chi connectivity index (χ1) is 10.3. The minimum atomic E-state index is -1.99. The lowest BCUT2D eigenvalue weighted by Gasteiger charge is -2.60. The smallest absolute Gasteiger partial charge is 0.212 e. The van der Waals surface area contributed by atoms with Crippen molar-refractivity contribution in [1.29, 1.82) is 0 Å². The number of halogens is 1. The Labute approximate surface area is 132 Å². The summed E-state index contributed by atoms with van der Waals surface area (Å²) in [6.45, 7) is 4.92. The van der Waals surface area contributed by atoms with Crippen LogP contribution < -0.4 is 0 Å². The number of ether oxygens (including phenoxy) is 1. The van der Waals surface area contributed by atoms with Gasteiger partial charge in [0, 0.05) is 18.3 Å². The molecule has 3 nitrogen and oxygen atoms in total. The van der Waals surface area contributed by atoms with Gasteiger partial charge in [0.1, 0.15) is 0 Å². The van der Waals surface area contributed by atoms with Crippen LogP contribution in [0.2, 0.25) is 0 Å². The van der Waals surface area contributed by atoms with Gasteiger partial charge in [-0.25, -0.2) is 4.39 Å². The van der Waals surface area contributed by atoms with Crippen molar-refractivity contribution < 1.29 is 19.3 Å². The lowest BCUT2D eigenvalue weighted by atomic mass is 9.47. The quantitative estimate of drug-likeness (QED) is 0.722. The summed E-state index contributed by atoms with van der Waals surface area (Å²) in [5.74, 6) is -0.118. The lowest BCUT2D eigenvalue weighted by molar-refractivity contribution is -0.242. The summed E-state index contributed by atoms with van der Waals surface area (Å²) in [7, 11) is 0. The van der Waals surface area contributed by atoms with E-state index in [2.05, 4.69) is 6.92 Å². The molecule has 4 aliphatic rings. The number of alkyl halides is 1. The zero-order chi connectivity index (χ0) is 15.8. The van der Waals surface area contributed by atoms with Gasteiger partial charge in [-0.3, -0.25) is 0 Å². The van der Waals surface area contributed by atoms with Gasteiger partial charge in [-0.2, -0.15) is 0 Å². The molecule has 0 amide bonds. The van der Waals surface area contributed by atoms with Gasteiger partial charge in [-0.05, 0) is 61.2 Å². The van der Waals surface area contributed by atoms with E-state index in [-0.39, 0.29) is 5.41 Å². The fraction of sp³-hybridized carbons (Fsp3) is 1.00. The predicted molar refractivity (Wildman–Crippen MR) is 80.5 cm³/mol. The first-order valence-corrected chi connectivity index (χ1v) is 8.99.